The number of nitrogens with one attached hydrogen (secondary N) is 1. The van der Waals surface area contributed by atoms with Gasteiger partial charge in [0.25, 0.3) is 0 Å². The van der Waals surface area contributed by atoms with E-state index in [-0.39, 0.29) is 23.1 Å². The van der Waals surface area contributed by atoms with Crippen molar-refractivity contribution in [3.05, 3.63) is 35.4 Å². The summed E-state index contributed by atoms with van der Waals surface area (Å²) in [6, 6.07) is 8.18. The Hall–Kier alpha value is -1.88. The van der Waals surface area contributed by atoms with Gasteiger partial charge in [0.1, 0.15) is 0 Å². The molecule has 25 heavy (non-hydrogen) atoms. The van der Waals surface area contributed by atoms with Crippen molar-refractivity contribution in [3.8, 4) is 0 Å². The van der Waals surface area contributed by atoms with E-state index in [1.165, 1.54) is 5.56 Å². The molecule has 0 radical (unpaired) electrons. The van der Waals surface area contributed by atoms with Gasteiger partial charge in [0.15, 0.2) is 0 Å². The smallest absolute Gasteiger partial charge is 0.225 e. The maximum absolute atomic E-state index is 12.5. The highest BCUT2D eigenvalue weighted by atomic mass is 16.2. The fraction of sp³-hybridized carbons (Fsp3) is 0.600. The third-order valence-corrected chi connectivity index (χ3v) is 4.56. The van der Waals surface area contributed by atoms with Crippen molar-refractivity contribution in [1.29, 1.82) is 0 Å². The summed E-state index contributed by atoms with van der Waals surface area (Å²) in [5.74, 6) is -0.187. The Balaban J connectivity index is 1.86. The Kier molecular flexibility index (Phi) is 6.22. The molecule has 5 heteroatoms. The first kappa shape index (κ1) is 19.4. The summed E-state index contributed by atoms with van der Waals surface area (Å²) in [4.78, 5) is 28.6. The first-order chi connectivity index (χ1) is 11.7. The molecule has 0 bridgehead atoms. The highest BCUT2D eigenvalue weighted by molar-refractivity contribution is 5.89. The van der Waals surface area contributed by atoms with E-state index in [1.54, 1.807) is 4.90 Å². The van der Waals surface area contributed by atoms with Crippen molar-refractivity contribution in [2.45, 2.75) is 33.7 Å². The van der Waals surface area contributed by atoms with E-state index in [0.29, 0.717) is 26.1 Å². The summed E-state index contributed by atoms with van der Waals surface area (Å²) in [5.41, 5.74) is 2.31. The molecule has 1 N–H and O–H groups in total. The first-order valence-corrected chi connectivity index (χ1v) is 8.92. The van der Waals surface area contributed by atoms with Gasteiger partial charge in [-0.05, 0) is 32.0 Å². The maximum atomic E-state index is 12.5. The van der Waals surface area contributed by atoms with Gasteiger partial charge in [0.2, 0.25) is 11.8 Å². The molecule has 1 heterocycles. The summed E-state index contributed by atoms with van der Waals surface area (Å²) in [6.07, 6.45) is 0.311. The highest BCUT2D eigenvalue weighted by Crippen LogP contribution is 2.21. The zero-order chi connectivity index (χ0) is 18.6. The molecule has 0 aromatic heterocycles. The third-order valence-electron chi connectivity index (χ3n) is 4.56. The van der Waals surface area contributed by atoms with Gasteiger partial charge in [-0.3, -0.25) is 9.59 Å². The van der Waals surface area contributed by atoms with Gasteiger partial charge in [0, 0.05) is 32.6 Å². The standard InChI is InChI=1S/C20H31N3O2/c1-15-6-8-16(9-7-15)11-23-12-17(10-18(23)24)19(25)21-13-20(2,3)14-22(4)5/h6-9,17H,10-14H2,1-5H3,(H,21,25)/t17-/m1/s1. The number of likely N-dealkylation sites (tertiary alicyclic amines) is 1. The normalized spacial score (nSPS) is 18.1. The minimum atomic E-state index is -0.242. The molecule has 0 spiro atoms. The minimum absolute atomic E-state index is 0.00333. The predicted octanol–water partition coefficient (Wildman–Crippen LogP) is 2.05. The summed E-state index contributed by atoms with van der Waals surface area (Å²) >= 11 is 0. The molecule has 1 aliphatic rings. The number of benzene rings is 1. The summed E-state index contributed by atoms with van der Waals surface area (Å²) in [5, 5.41) is 3.04. The Morgan fingerprint density at radius 3 is 2.52 bits per heavy atom. The van der Waals surface area contributed by atoms with Crippen molar-refractivity contribution < 1.29 is 9.59 Å². The SMILES string of the molecule is Cc1ccc(CN2C[C@H](C(=O)NCC(C)(C)CN(C)C)CC2=O)cc1. The number of aryl methyl sites for hydroxylation is 1. The van der Waals surface area contributed by atoms with Gasteiger partial charge < -0.3 is 15.1 Å². The highest BCUT2D eigenvalue weighted by Gasteiger charge is 2.34. The summed E-state index contributed by atoms with van der Waals surface area (Å²) < 4.78 is 0. The van der Waals surface area contributed by atoms with Crippen LogP contribution in [0.5, 0.6) is 0 Å². The van der Waals surface area contributed by atoms with Crippen LogP contribution in [0.25, 0.3) is 0 Å². The molecule has 5 nitrogen and oxygen atoms in total. The van der Waals surface area contributed by atoms with Gasteiger partial charge >= 0.3 is 0 Å². The molecule has 0 unspecified atom stereocenters. The Labute approximate surface area is 151 Å². The largest absolute Gasteiger partial charge is 0.355 e. The van der Waals surface area contributed by atoms with Crippen molar-refractivity contribution in [1.82, 2.24) is 15.1 Å². The van der Waals surface area contributed by atoms with Crippen LogP contribution in [0.4, 0.5) is 0 Å². The lowest BCUT2D eigenvalue weighted by Crippen LogP contribution is -2.42. The van der Waals surface area contributed by atoms with Crippen LogP contribution in [0, 0.1) is 18.3 Å². The van der Waals surface area contributed by atoms with E-state index >= 15 is 0 Å². The first-order valence-electron chi connectivity index (χ1n) is 8.92. The lowest BCUT2D eigenvalue weighted by molar-refractivity contribution is -0.129. The lowest BCUT2D eigenvalue weighted by atomic mass is 9.92. The van der Waals surface area contributed by atoms with Gasteiger partial charge in [-0.2, -0.15) is 0 Å². The molecule has 138 valence electrons. The van der Waals surface area contributed by atoms with Gasteiger partial charge in [-0.15, -0.1) is 0 Å². The number of nitrogens with zero attached hydrogens (tertiary/aromatic N) is 2. The second kappa shape index (κ2) is 8.00. The fourth-order valence-corrected chi connectivity index (χ4v) is 3.40. The maximum Gasteiger partial charge on any atom is 0.225 e. The van der Waals surface area contributed by atoms with Crippen LogP contribution < -0.4 is 5.32 Å². The van der Waals surface area contributed by atoms with Crippen LogP contribution in [0.3, 0.4) is 0 Å². The van der Waals surface area contributed by atoms with Crippen LogP contribution in [-0.4, -0.2) is 55.3 Å². The van der Waals surface area contributed by atoms with Gasteiger partial charge in [0.05, 0.1) is 5.92 Å². The number of carbonyl (C=O) groups is 2. The molecule has 2 rings (SSSR count). The van der Waals surface area contributed by atoms with Crippen molar-refractivity contribution in [3.63, 3.8) is 0 Å². The van der Waals surface area contributed by atoms with Crippen LogP contribution in [0.15, 0.2) is 24.3 Å². The Morgan fingerprint density at radius 1 is 1.28 bits per heavy atom. The molecule has 1 aromatic carbocycles. The third kappa shape index (κ3) is 5.85. The fourth-order valence-electron chi connectivity index (χ4n) is 3.40. The Bertz CT molecular complexity index is 608. The van der Waals surface area contributed by atoms with E-state index in [2.05, 4.69) is 24.1 Å². The summed E-state index contributed by atoms with van der Waals surface area (Å²) in [6.45, 7) is 8.92. The quantitative estimate of drug-likeness (QED) is 0.823. The number of rotatable bonds is 7. The second-order valence-electron chi connectivity index (χ2n) is 8.28. The molecule has 2 amide bonds. The topological polar surface area (TPSA) is 52.7 Å². The van der Waals surface area contributed by atoms with Crippen LogP contribution in [0.1, 0.15) is 31.4 Å². The molecular formula is C20H31N3O2. The molecule has 1 saturated heterocycles. The summed E-state index contributed by atoms with van der Waals surface area (Å²) in [7, 11) is 4.06. The average molecular weight is 345 g/mol. The second-order valence-corrected chi connectivity index (χ2v) is 8.28. The average Bonchev–Trinajstić information content (AvgIpc) is 2.87. The molecule has 1 atom stereocenters. The van der Waals surface area contributed by atoms with Gasteiger partial charge in [-0.25, -0.2) is 0 Å². The number of amides is 2. The minimum Gasteiger partial charge on any atom is -0.355 e. The van der Waals surface area contributed by atoms with Gasteiger partial charge in [-0.1, -0.05) is 43.7 Å². The molecule has 1 aliphatic heterocycles. The molecular weight excluding hydrogens is 314 g/mol. The van der Waals surface area contributed by atoms with Crippen LogP contribution in [-0.2, 0) is 16.1 Å². The van der Waals surface area contributed by atoms with Crippen LogP contribution in [0.2, 0.25) is 0 Å². The van der Waals surface area contributed by atoms with Crippen molar-refractivity contribution >= 4 is 11.8 Å². The van der Waals surface area contributed by atoms with E-state index in [9.17, 15) is 9.59 Å². The van der Waals surface area contributed by atoms with Crippen molar-refractivity contribution in [2.75, 3.05) is 33.7 Å². The zero-order valence-electron chi connectivity index (χ0n) is 16.1. The number of hydrogen-bond donors (Lipinski definition) is 1. The van der Waals surface area contributed by atoms with E-state index < -0.39 is 0 Å². The molecule has 0 aliphatic carbocycles. The monoisotopic (exact) mass is 345 g/mol. The predicted molar refractivity (Wildman–Crippen MR) is 100 cm³/mol. The lowest BCUT2D eigenvalue weighted by Gasteiger charge is -2.29. The van der Waals surface area contributed by atoms with E-state index in [4.69, 9.17) is 0 Å². The molecule has 1 fully saturated rings. The molecule has 1 aromatic rings. The van der Waals surface area contributed by atoms with E-state index in [1.807, 2.05) is 45.3 Å². The Morgan fingerprint density at radius 2 is 1.92 bits per heavy atom. The molecule has 0 saturated carbocycles. The van der Waals surface area contributed by atoms with Crippen LogP contribution >= 0.6 is 0 Å². The number of hydrogen-bond acceptors (Lipinski definition) is 3. The van der Waals surface area contributed by atoms with Crippen molar-refractivity contribution in [2.24, 2.45) is 11.3 Å². The number of carbonyl (C=O) groups excluding carboxylic acids is 2. The van der Waals surface area contributed by atoms with E-state index in [0.717, 1.165) is 12.1 Å². The zero-order valence-corrected chi connectivity index (χ0v) is 16.1.